The number of nitro groups is 1. The fourth-order valence-corrected chi connectivity index (χ4v) is 4.83. The van der Waals surface area contributed by atoms with Gasteiger partial charge in [-0.25, -0.2) is 13.2 Å². The lowest BCUT2D eigenvalue weighted by Crippen LogP contribution is -2.42. The van der Waals surface area contributed by atoms with E-state index in [1.165, 1.54) is 28.6 Å². The molecule has 1 fully saturated rings. The molecule has 1 aliphatic heterocycles. The van der Waals surface area contributed by atoms with Gasteiger partial charge in [0.05, 0.1) is 35.2 Å². The quantitative estimate of drug-likeness (QED) is 0.290. The number of carbonyl (C=O) groups excluding carboxylic acids is 1. The number of rotatable bonds is 10. The van der Waals surface area contributed by atoms with Crippen LogP contribution >= 0.6 is 0 Å². The van der Waals surface area contributed by atoms with Crippen molar-refractivity contribution >= 4 is 21.7 Å². The lowest BCUT2D eigenvalue weighted by Gasteiger charge is -2.29. The highest BCUT2D eigenvalue weighted by Gasteiger charge is 2.26. The molecule has 0 unspecified atom stereocenters. The molecule has 11 heteroatoms. The van der Waals surface area contributed by atoms with Crippen molar-refractivity contribution < 1.29 is 27.6 Å². The Hall–Kier alpha value is -2.86. The van der Waals surface area contributed by atoms with E-state index in [0.29, 0.717) is 30.9 Å². The Morgan fingerprint density at radius 1 is 1.12 bits per heavy atom. The molecule has 33 heavy (non-hydrogen) atoms. The van der Waals surface area contributed by atoms with Crippen molar-refractivity contribution in [3.8, 4) is 0 Å². The zero-order valence-corrected chi connectivity index (χ0v) is 19.2. The van der Waals surface area contributed by atoms with Crippen molar-refractivity contribution in [1.82, 2.24) is 9.21 Å². The van der Waals surface area contributed by atoms with E-state index in [-0.39, 0.29) is 30.3 Å². The highest BCUT2D eigenvalue weighted by Crippen LogP contribution is 2.22. The predicted molar refractivity (Wildman–Crippen MR) is 120 cm³/mol. The first-order chi connectivity index (χ1) is 15.8. The summed E-state index contributed by atoms with van der Waals surface area (Å²) < 4.78 is 38.5. The predicted octanol–water partition coefficient (Wildman–Crippen LogP) is 2.29. The van der Waals surface area contributed by atoms with E-state index in [9.17, 15) is 23.3 Å². The van der Waals surface area contributed by atoms with Gasteiger partial charge in [0, 0.05) is 44.9 Å². The summed E-state index contributed by atoms with van der Waals surface area (Å²) in [6.07, 6.45) is 0. The average molecular weight is 478 g/mol. The minimum Gasteiger partial charge on any atom is -0.462 e. The highest BCUT2D eigenvalue weighted by atomic mass is 32.2. The summed E-state index contributed by atoms with van der Waals surface area (Å²) in [6.45, 7) is 5.49. The summed E-state index contributed by atoms with van der Waals surface area (Å²) in [5, 5.41) is 10.9. The molecule has 1 heterocycles. The minimum absolute atomic E-state index is 0.0155. The SMILES string of the molecule is CCOC(=O)c1ccc(CN(CCN2CCOCC2)S(=O)(=O)c2ccc([N+](=O)[O-])cc2)cc1. The summed E-state index contributed by atoms with van der Waals surface area (Å²) in [4.78, 5) is 24.4. The van der Waals surface area contributed by atoms with Crippen LogP contribution in [0.3, 0.4) is 0 Å². The number of esters is 1. The van der Waals surface area contributed by atoms with Crippen LogP contribution in [0.2, 0.25) is 0 Å². The number of hydrogen-bond acceptors (Lipinski definition) is 8. The van der Waals surface area contributed by atoms with Crippen LogP contribution < -0.4 is 0 Å². The molecule has 0 radical (unpaired) electrons. The normalized spacial score (nSPS) is 14.8. The Morgan fingerprint density at radius 2 is 1.76 bits per heavy atom. The fourth-order valence-electron chi connectivity index (χ4n) is 3.42. The zero-order valence-electron chi connectivity index (χ0n) is 18.4. The first kappa shape index (κ1) is 24.8. The summed E-state index contributed by atoms with van der Waals surface area (Å²) in [6, 6.07) is 11.5. The fraction of sp³-hybridized carbons (Fsp3) is 0.409. The molecule has 178 valence electrons. The first-order valence-electron chi connectivity index (χ1n) is 10.6. The van der Waals surface area contributed by atoms with E-state index < -0.39 is 20.9 Å². The number of non-ortho nitro benzene ring substituents is 1. The Morgan fingerprint density at radius 3 is 2.33 bits per heavy atom. The molecule has 1 aliphatic rings. The second-order valence-electron chi connectivity index (χ2n) is 7.46. The van der Waals surface area contributed by atoms with E-state index in [2.05, 4.69) is 4.90 Å². The van der Waals surface area contributed by atoms with Gasteiger partial charge in [-0.05, 0) is 36.8 Å². The molecule has 0 spiro atoms. The second-order valence-corrected chi connectivity index (χ2v) is 9.40. The van der Waals surface area contributed by atoms with Gasteiger partial charge in [-0.3, -0.25) is 15.0 Å². The topological polar surface area (TPSA) is 119 Å². The highest BCUT2D eigenvalue weighted by molar-refractivity contribution is 7.89. The molecule has 3 rings (SSSR count). The molecule has 0 N–H and O–H groups in total. The van der Waals surface area contributed by atoms with Gasteiger partial charge in [0.1, 0.15) is 0 Å². The maximum Gasteiger partial charge on any atom is 0.338 e. The first-order valence-corrected chi connectivity index (χ1v) is 12.1. The molecule has 10 nitrogen and oxygen atoms in total. The van der Waals surface area contributed by atoms with Gasteiger partial charge in [-0.1, -0.05) is 12.1 Å². The molecule has 0 aliphatic carbocycles. The van der Waals surface area contributed by atoms with Gasteiger partial charge in [0.25, 0.3) is 5.69 Å². The lowest BCUT2D eigenvalue weighted by atomic mass is 10.1. The Kier molecular flexibility index (Phi) is 8.50. The number of hydrogen-bond donors (Lipinski definition) is 0. The van der Waals surface area contributed by atoms with E-state index >= 15 is 0 Å². The number of benzene rings is 2. The van der Waals surface area contributed by atoms with Crippen molar-refractivity contribution in [2.24, 2.45) is 0 Å². The molecule has 0 aromatic heterocycles. The van der Waals surface area contributed by atoms with E-state index in [1.807, 2.05) is 0 Å². The average Bonchev–Trinajstić information content (AvgIpc) is 2.83. The monoisotopic (exact) mass is 477 g/mol. The Balaban J connectivity index is 1.81. The van der Waals surface area contributed by atoms with Crippen LogP contribution in [0.4, 0.5) is 5.69 Å². The third-order valence-corrected chi connectivity index (χ3v) is 7.14. The Labute approximate surface area is 192 Å². The second kappa shape index (κ2) is 11.3. The smallest absolute Gasteiger partial charge is 0.338 e. The third-order valence-electron chi connectivity index (χ3n) is 5.28. The maximum atomic E-state index is 13.4. The van der Waals surface area contributed by atoms with E-state index in [4.69, 9.17) is 9.47 Å². The van der Waals surface area contributed by atoms with Gasteiger partial charge in [0.15, 0.2) is 0 Å². The van der Waals surface area contributed by atoms with Crippen LogP contribution in [0.1, 0.15) is 22.8 Å². The number of ether oxygens (including phenoxy) is 2. The summed E-state index contributed by atoms with van der Waals surface area (Å²) >= 11 is 0. The third kappa shape index (κ3) is 6.57. The lowest BCUT2D eigenvalue weighted by molar-refractivity contribution is -0.384. The molecule has 0 amide bonds. The molecule has 0 saturated carbocycles. The molecular formula is C22H27N3O7S. The van der Waals surface area contributed by atoms with Gasteiger partial charge in [0.2, 0.25) is 10.0 Å². The van der Waals surface area contributed by atoms with Crippen molar-refractivity contribution in [1.29, 1.82) is 0 Å². The van der Waals surface area contributed by atoms with E-state index in [1.54, 1.807) is 31.2 Å². The minimum atomic E-state index is -3.92. The number of nitro benzene ring substituents is 1. The van der Waals surface area contributed by atoms with Crippen molar-refractivity contribution in [2.45, 2.75) is 18.4 Å². The van der Waals surface area contributed by atoms with Crippen LogP contribution in [0.5, 0.6) is 0 Å². The molecule has 2 aromatic rings. The Bertz CT molecular complexity index is 1050. The molecule has 0 atom stereocenters. The van der Waals surface area contributed by atoms with Gasteiger partial charge < -0.3 is 9.47 Å². The van der Waals surface area contributed by atoms with E-state index in [0.717, 1.165) is 13.1 Å². The van der Waals surface area contributed by atoms with Gasteiger partial charge in [-0.15, -0.1) is 0 Å². The molecular weight excluding hydrogens is 450 g/mol. The molecule has 0 bridgehead atoms. The van der Waals surface area contributed by atoms with Crippen LogP contribution in [0.15, 0.2) is 53.4 Å². The molecule has 1 saturated heterocycles. The van der Waals surface area contributed by atoms with Crippen molar-refractivity contribution in [3.05, 3.63) is 69.8 Å². The zero-order chi connectivity index (χ0) is 23.8. The van der Waals surface area contributed by atoms with Crippen LogP contribution in [-0.2, 0) is 26.0 Å². The largest absolute Gasteiger partial charge is 0.462 e. The van der Waals surface area contributed by atoms with Crippen molar-refractivity contribution in [3.63, 3.8) is 0 Å². The van der Waals surface area contributed by atoms with Crippen LogP contribution in [-0.4, -0.2) is 74.5 Å². The molecule has 2 aromatic carbocycles. The summed E-state index contributed by atoms with van der Waals surface area (Å²) in [5.74, 6) is -0.438. The number of morpholine rings is 1. The van der Waals surface area contributed by atoms with Crippen LogP contribution in [0, 0.1) is 10.1 Å². The number of carbonyl (C=O) groups is 1. The standard InChI is InChI=1S/C22H27N3O7S/c1-2-32-22(26)19-5-3-18(4-6-19)17-24(12-11-23-13-15-31-16-14-23)33(29,30)21-9-7-20(8-10-21)25(27)28/h3-10H,2,11-17H2,1H3. The summed E-state index contributed by atoms with van der Waals surface area (Å²) in [5.41, 5.74) is 0.914. The number of nitrogens with zero attached hydrogens (tertiary/aromatic N) is 3. The van der Waals surface area contributed by atoms with Gasteiger partial charge in [-0.2, -0.15) is 4.31 Å². The summed E-state index contributed by atoms with van der Waals surface area (Å²) in [7, 11) is -3.92. The van der Waals surface area contributed by atoms with Gasteiger partial charge >= 0.3 is 5.97 Å². The number of sulfonamides is 1. The maximum absolute atomic E-state index is 13.4. The van der Waals surface area contributed by atoms with Crippen molar-refractivity contribution in [2.75, 3.05) is 46.0 Å². The van der Waals surface area contributed by atoms with Crippen LogP contribution in [0.25, 0.3) is 0 Å².